The van der Waals surface area contributed by atoms with Crippen LogP contribution in [0.2, 0.25) is 0 Å². The summed E-state index contributed by atoms with van der Waals surface area (Å²) < 4.78 is 15.6. The lowest BCUT2D eigenvalue weighted by molar-refractivity contribution is -0.143. The lowest BCUT2D eigenvalue weighted by atomic mass is 10.0. The third-order valence-electron chi connectivity index (χ3n) is 3.98. The molecular weight excluding hydrogens is 360 g/mol. The van der Waals surface area contributed by atoms with Gasteiger partial charge in [0.05, 0.1) is 31.2 Å². The average molecular weight is 386 g/mol. The number of hydrogen-bond acceptors (Lipinski definition) is 6. The minimum atomic E-state index is -0.541. The second-order valence-corrected chi connectivity index (χ2v) is 6.04. The first kappa shape index (κ1) is 21.2. The van der Waals surface area contributed by atoms with Crippen LogP contribution in [0.3, 0.4) is 0 Å². The number of methoxy groups -OCH3 is 1. The van der Waals surface area contributed by atoms with Crippen LogP contribution in [-0.2, 0) is 14.3 Å². The van der Waals surface area contributed by atoms with Gasteiger partial charge >= 0.3 is 5.97 Å². The summed E-state index contributed by atoms with van der Waals surface area (Å²) in [7, 11) is 1.57. The van der Waals surface area contributed by atoms with E-state index >= 15 is 0 Å². The molecule has 28 heavy (non-hydrogen) atoms. The molecule has 2 aromatic carbocycles. The van der Waals surface area contributed by atoms with E-state index in [1.54, 1.807) is 32.2 Å². The number of nitrogen functional groups attached to an aromatic ring is 1. The van der Waals surface area contributed by atoms with E-state index in [0.717, 1.165) is 5.56 Å². The van der Waals surface area contributed by atoms with E-state index in [2.05, 4.69) is 5.32 Å². The molecule has 2 rings (SSSR count). The van der Waals surface area contributed by atoms with Crippen molar-refractivity contribution in [2.75, 3.05) is 32.7 Å². The summed E-state index contributed by atoms with van der Waals surface area (Å²) in [5.41, 5.74) is 7.38. The molecule has 0 aliphatic carbocycles. The van der Waals surface area contributed by atoms with E-state index in [1.165, 1.54) is 0 Å². The molecule has 0 heterocycles. The highest BCUT2D eigenvalue weighted by molar-refractivity contribution is 5.98. The molecule has 0 bridgehead atoms. The predicted octanol–water partition coefficient (Wildman–Crippen LogP) is 2.72. The van der Waals surface area contributed by atoms with Crippen molar-refractivity contribution in [1.82, 2.24) is 5.32 Å². The van der Waals surface area contributed by atoms with Gasteiger partial charge in [0.15, 0.2) is 0 Å². The van der Waals surface area contributed by atoms with Crippen LogP contribution in [0.1, 0.15) is 35.3 Å². The number of esters is 1. The van der Waals surface area contributed by atoms with Gasteiger partial charge in [-0.15, -0.1) is 0 Å². The Morgan fingerprint density at radius 2 is 1.86 bits per heavy atom. The molecule has 0 fully saturated rings. The second kappa shape index (κ2) is 10.9. The van der Waals surface area contributed by atoms with Gasteiger partial charge in [0.25, 0.3) is 5.91 Å². The molecule has 1 amide bonds. The fourth-order valence-corrected chi connectivity index (χ4v) is 2.65. The van der Waals surface area contributed by atoms with Gasteiger partial charge in [0.1, 0.15) is 12.4 Å². The maximum Gasteiger partial charge on any atom is 0.308 e. The Hall–Kier alpha value is -3.06. The minimum Gasteiger partial charge on any atom is -0.490 e. The van der Waals surface area contributed by atoms with Gasteiger partial charge in [-0.05, 0) is 30.7 Å². The van der Waals surface area contributed by atoms with E-state index in [-0.39, 0.29) is 19.0 Å². The summed E-state index contributed by atoms with van der Waals surface area (Å²) >= 11 is 0. The number of ether oxygens (including phenoxy) is 3. The highest BCUT2D eigenvalue weighted by Crippen LogP contribution is 2.24. The van der Waals surface area contributed by atoms with Crippen molar-refractivity contribution in [3.63, 3.8) is 0 Å². The van der Waals surface area contributed by atoms with E-state index < -0.39 is 11.9 Å². The first-order valence-corrected chi connectivity index (χ1v) is 9.07. The Kier molecular flexibility index (Phi) is 8.30. The van der Waals surface area contributed by atoms with Crippen LogP contribution in [0.25, 0.3) is 0 Å². The lowest BCUT2D eigenvalue weighted by Crippen LogP contribution is -2.31. The van der Waals surface area contributed by atoms with Crippen LogP contribution in [0, 0.1) is 0 Å². The predicted molar refractivity (Wildman–Crippen MR) is 106 cm³/mol. The van der Waals surface area contributed by atoms with Crippen LogP contribution in [0.5, 0.6) is 5.75 Å². The first-order chi connectivity index (χ1) is 13.5. The number of hydrogen-bond donors (Lipinski definition) is 2. The normalized spacial score (nSPS) is 11.5. The maximum absolute atomic E-state index is 12.9. The Balaban J connectivity index is 2.22. The summed E-state index contributed by atoms with van der Waals surface area (Å²) in [4.78, 5) is 25.0. The van der Waals surface area contributed by atoms with Crippen LogP contribution < -0.4 is 15.8 Å². The van der Waals surface area contributed by atoms with Crippen LogP contribution in [0.15, 0.2) is 48.5 Å². The van der Waals surface area contributed by atoms with Crippen molar-refractivity contribution in [3.8, 4) is 5.75 Å². The largest absolute Gasteiger partial charge is 0.490 e. The zero-order valence-corrected chi connectivity index (χ0v) is 16.1. The molecule has 0 radical (unpaired) electrons. The van der Waals surface area contributed by atoms with E-state index in [0.29, 0.717) is 30.2 Å². The number of anilines is 1. The molecule has 7 nitrogen and oxygen atoms in total. The van der Waals surface area contributed by atoms with Gasteiger partial charge in [-0.25, -0.2) is 0 Å². The SMILES string of the molecule is CCOC(=O)CC(NC(=O)c1cc(N)ccc1OCCOC)c1ccccc1. The molecule has 0 saturated carbocycles. The summed E-state index contributed by atoms with van der Waals surface area (Å²) in [5, 5.41) is 2.89. The standard InChI is InChI=1S/C21H26N2O5/c1-3-27-20(24)14-18(15-7-5-4-6-8-15)23-21(25)17-13-16(22)9-10-19(17)28-12-11-26-2/h4-10,13,18H,3,11-12,14,22H2,1-2H3,(H,23,25). The molecule has 2 aromatic rings. The van der Waals surface area contributed by atoms with Gasteiger partial charge < -0.3 is 25.3 Å². The number of rotatable bonds is 10. The summed E-state index contributed by atoms with van der Waals surface area (Å²) in [6, 6.07) is 13.6. The molecular formula is C21H26N2O5. The number of benzene rings is 2. The molecule has 0 saturated heterocycles. The molecule has 0 aromatic heterocycles. The van der Waals surface area contributed by atoms with Crippen molar-refractivity contribution < 1.29 is 23.8 Å². The van der Waals surface area contributed by atoms with Gasteiger partial charge in [0, 0.05) is 12.8 Å². The zero-order chi connectivity index (χ0) is 20.4. The number of nitrogens with two attached hydrogens (primary N) is 1. The maximum atomic E-state index is 12.9. The fraction of sp³-hybridized carbons (Fsp3) is 0.333. The van der Waals surface area contributed by atoms with Crippen molar-refractivity contribution in [1.29, 1.82) is 0 Å². The Bertz CT molecular complexity index is 780. The van der Waals surface area contributed by atoms with Crippen molar-refractivity contribution in [2.45, 2.75) is 19.4 Å². The van der Waals surface area contributed by atoms with Crippen molar-refractivity contribution in [3.05, 3.63) is 59.7 Å². The van der Waals surface area contributed by atoms with Crippen molar-refractivity contribution >= 4 is 17.6 Å². The third-order valence-corrected chi connectivity index (χ3v) is 3.98. The van der Waals surface area contributed by atoms with E-state index in [4.69, 9.17) is 19.9 Å². The summed E-state index contributed by atoms with van der Waals surface area (Å²) in [5.74, 6) is -0.384. The molecule has 1 unspecified atom stereocenters. The molecule has 0 spiro atoms. The quantitative estimate of drug-likeness (QED) is 0.370. The summed E-state index contributed by atoms with van der Waals surface area (Å²) in [6.45, 7) is 2.71. The van der Waals surface area contributed by atoms with E-state index in [9.17, 15) is 9.59 Å². The van der Waals surface area contributed by atoms with Crippen LogP contribution >= 0.6 is 0 Å². The Morgan fingerprint density at radius 3 is 2.54 bits per heavy atom. The average Bonchev–Trinajstić information content (AvgIpc) is 2.69. The Labute approximate surface area is 164 Å². The molecule has 1 atom stereocenters. The van der Waals surface area contributed by atoms with Gasteiger partial charge in [-0.2, -0.15) is 0 Å². The van der Waals surface area contributed by atoms with Gasteiger partial charge in [-0.1, -0.05) is 30.3 Å². The molecule has 3 N–H and O–H groups in total. The lowest BCUT2D eigenvalue weighted by Gasteiger charge is -2.20. The number of amides is 1. The van der Waals surface area contributed by atoms with Crippen LogP contribution in [-0.4, -0.2) is 38.8 Å². The monoisotopic (exact) mass is 386 g/mol. The van der Waals surface area contributed by atoms with E-state index in [1.807, 2.05) is 30.3 Å². The zero-order valence-electron chi connectivity index (χ0n) is 16.1. The highest BCUT2D eigenvalue weighted by atomic mass is 16.5. The number of carbonyl (C=O) groups is 2. The topological polar surface area (TPSA) is 99.9 Å². The molecule has 0 aliphatic heterocycles. The van der Waals surface area contributed by atoms with Crippen LogP contribution in [0.4, 0.5) is 5.69 Å². The number of carbonyl (C=O) groups excluding carboxylic acids is 2. The van der Waals surface area contributed by atoms with Gasteiger partial charge in [-0.3, -0.25) is 9.59 Å². The second-order valence-electron chi connectivity index (χ2n) is 6.04. The molecule has 150 valence electrons. The smallest absolute Gasteiger partial charge is 0.308 e. The molecule has 0 aliphatic rings. The third kappa shape index (κ3) is 6.28. The Morgan fingerprint density at radius 1 is 1.11 bits per heavy atom. The minimum absolute atomic E-state index is 0.0196. The highest BCUT2D eigenvalue weighted by Gasteiger charge is 2.22. The fourth-order valence-electron chi connectivity index (χ4n) is 2.65. The van der Waals surface area contributed by atoms with Gasteiger partial charge in [0.2, 0.25) is 0 Å². The van der Waals surface area contributed by atoms with Crippen molar-refractivity contribution in [2.24, 2.45) is 0 Å². The number of nitrogens with one attached hydrogen (secondary N) is 1. The first-order valence-electron chi connectivity index (χ1n) is 9.07. The summed E-state index contributed by atoms with van der Waals surface area (Å²) in [6.07, 6.45) is 0.0196. The molecule has 7 heteroatoms.